The highest BCUT2D eigenvalue weighted by Crippen LogP contribution is 2.23. The number of anilines is 1. The average molecular weight is 351 g/mol. The van der Waals surface area contributed by atoms with Crippen molar-refractivity contribution in [3.05, 3.63) is 46.8 Å². The first-order valence-electron chi connectivity index (χ1n) is 7.68. The van der Waals surface area contributed by atoms with Gasteiger partial charge >= 0.3 is 5.97 Å². The van der Waals surface area contributed by atoms with E-state index >= 15 is 0 Å². The van der Waals surface area contributed by atoms with Crippen molar-refractivity contribution in [2.75, 3.05) is 5.32 Å². The van der Waals surface area contributed by atoms with Crippen molar-refractivity contribution in [3.63, 3.8) is 0 Å². The molecule has 2 N–H and O–H groups in total. The van der Waals surface area contributed by atoms with E-state index in [2.05, 4.69) is 15.5 Å². The molecule has 25 heavy (non-hydrogen) atoms. The maximum absolute atomic E-state index is 13.6. The third-order valence-corrected chi connectivity index (χ3v) is 3.82. The number of esters is 1. The molecule has 0 aliphatic rings. The number of carbonyl (C=O) groups is 2. The molecule has 2 rings (SSSR count). The molecule has 134 valence electrons. The summed E-state index contributed by atoms with van der Waals surface area (Å²) in [6.07, 6.45) is -1.18. The van der Waals surface area contributed by atoms with E-state index in [1.54, 1.807) is 20.8 Å². The van der Waals surface area contributed by atoms with Crippen molar-refractivity contribution in [3.8, 4) is 0 Å². The molecule has 0 saturated carbocycles. The Morgan fingerprint density at radius 3 is 2.52 bits per heavy atom. The van der Waals surface area contributed by atoms with Crippen LogP contribution in [-0.4, -0.2) is 28.2 Å². The van der Waals surface area contributed by atoms with Crippen LogP contribution in [-0.2, 0) is 14.3 Å². The van der Waals surface area contributed by atoms with E-state index in [9.17, 15) is 18.4 Å². The van der Waals surface area contributed by atoms with Gasteiger partial charge in [0, 0.05) is 17.3 Å². The van der Waals surface area contributed by atoms with Crippen LogP contribution < -0.4 is 5.32 Å². The number of nitrogens with zero attached hydrogens (tertiary/aromatic N) is 1. The molecule has 0 aliphatic heterocycles. The molecule has 0 fully saturated rings. The number of aromatic nitrogens is 2. The van der Waals surface area contributed by atoms with E-state index in [1.165, 1.54) is 6.92 Å². The zero-order chi connectivity index (χ0) is 18.7. The number of nitrogens with one attached hydrogen (secondary N) is 2. The monoisotopic (exact) mass is 351 g/mol. The maximum Gasteiger partial charge on any atom is 0.314 e. The van der Waals surface area contributed by atoms with Gasteiger partial charge in [-0.25, -0.2) is 8.78 Å². The molecule has 2 aromatic rings. The van der Waals surface area contributed by atoms with Gasteiger partial charge in [0.05, 0.1) is 17.3 Å². The molecule has 0 aliphatic carbocycles. The largest absolute Gasteiger partial charge is 0.452 e. The molecule has 0 spiro atoms. The number of aryl methyl sites for hydroxylation is 2. The van der Waals surface area contributed by atoms with Crippen molar-refractivity contribution >= 4 is 17.6 Å². The van der Waals surface area contributed by atoms with Crippen LogP contribution in [0.4, 0.5) is 14.5 Å². The van der Waals surface area contributed by atoms with Crippen molar-refractivity contribution in [1.82, 2.24) is 10.2 Å². The summed E-state index contributed by atoms with van der Waals surface area (Å²) in [5, 5.41) is 9.00. The van der Waals surface area contributed by atoms with E-state index in [-0.39, 0.29) is 5.69 Å². The van der Waals surface area contributed by atoms with Gasteiger partial charge in [0.15, 0.2) is 6.10 Å². The first-order chi connectivity index (χ1) is 11.7. The Kier molecular flexibility index (Phi) is 5.51. The summed E-state index contributed by atoms with van der Waals surface area (Å²) in [6.45, 7) is 6.53. The normalized spacial score (nSPS) is 13.2. The fourth-order valence-electron chi connectivity index (χ4n) is 2.47. The lowest BCUT2D eigenvalue weighted by Gasteiger charge is -2.17. The third-order valence-electron chi connectivity index (χ3n) is 3.82. The predicted molar refractivity (Wildman–Crippen MR) is 87.0 cm³/mol. The van der Waals surface area contributed by atoms with Gasteiger partial charge in [-0.05, 0) is 39.8 Å². The number of hydrogen-bond acceptors (Lipinski definition) is 4. The fraction of sp³-hybridized carbons (Fsp3) is 0.353. The van der Waals surface area contributed by atoms with Gasteiger partial charge < -0.3 is 10.1 Å². The van der Waals surface area contributed by atoms with Crippen molar-refractivity contribution in [2.45, 2.75) is 39.7 Å². The molecular formula is C17H19F2N3O3. The Labute approximate surface area is 143 Å². The van der Waals surface area contributed by atoms with Crippen LogP contribution in [0.3, 0.4) is 0 Å². The molecule has 6 nitrogen and oxygen atoms in total. The number of benzene rings is 1. The minimum Gasteiger partial charge on any atom is -0.452 e. The Morgan fingerprint density at radius 2 is 1.92 bits per heavy atom. The number of rotatable bonds is 5. The lowest BCUT2D eigenvalue weighted by molar-refractivity contribution is -0.154. The molecular weight excluding hydrogens is 332 g/mol. The quantitative estimate of drug-likeness (QED) is 0.811. The van der Waals surface area contributed by atoms with Crippen LogP contribution in [0.1, 0.15) is 36.7 Å². The summed E-state index contributed by atoms with van der Waals surface area (Å²) in [5.74, 6) is -3.48. The zero-order valence-corrected chi connectivity index (χ0v) is 14.3. The van der Waals surface area contributed by atoms with Gasteiger partial charge in [-0.2, -0.15) is 5.10 Å². The smallest absolute Gasteiger partial charge is 0.314 e. The van der Waals surface area contributed by atoms with Crippen LogP contribution in [0.2, 0.25) is 0 Å². The average Bonchev–Trinajstić information content (AvgIpc) is 2.88. The lowest BCUT2D eigenvalue weighted by atomic mass is 9.99. The Balaban J connectivity index is 2.03. The topological polar surface area (TPSA) is 84.1 Å². The Bertz CT molecular complexity index is 785. The molecule has 1 aromatic carbocycles. The van der Waals surface area contributed by atoms with E-state index in [0.29, 0.717) is 11.3 Å². The maximum atomic E-state index is 13.6. The van der Waals surface area contributed by atoms with E-state index in [1.807, 2.05) is 0 Å². The molecule has 1 aromatic heterocycles. The Hall–Kier alpha value is -2.77. The minimum absolute atomic E-state index is 0.317. The second-order valence-corrected chi connectivity index (χ2v) is 5.76. The predicted octanol–water partition coefficient (Wildman–Crippen LogP) is 2.98. The first kappa shape index (κ1) is 18.6. The highest BCUT2D eigenvalue weighted by atomic mass is 19.1. The SMILES string of the molecule is Cc1n[nH]c(C)c1[C@@H](C)C(=O)O[C@@H](C)C(=O)Nc1cc(F)ccc1F. The molecule has 0 bridgehead atoms. The van der Waals surface area contributed by atoms with Crippen LogP contribution in [0.5, 0.6) is 0 Å². The molecule has 0 unspecified atom stereocenters. The standard InChI is InChI=1S/C17H19F2N3O3/c1-8(15-9(2)21-22-10(15)3)17(24)25-11(4)16(23)20-14-7-12(18)5-6-13(14)19/h5-8,11H,1-4H3,(H,20,23)(H,21,22)/t8-,11+/m1/s1. The van der Waals surface area contributed by atoms with Crippen molar-refractivity contribution < 1.29 is 23.1 Å². The Morgan fingerprint density at radius 1 is 1.24 bits per heavy atom. The molecule has 1 heterocycles. The highest BCUT2D eigenvalue weighted by Gasteiger charge is 2.26. The molecule has 8 heteroatoms. The summed E-state index contributed by atoms with van der Waals surface area (Å²) >= 11 is 0. The van der Waals surface area contributed by atoms with Crippen molar-refractivity contribution in [2.24, 2.45) is 0 Å². The number of ether oxygens (including phenoxy) is 1. The lowest BCUT2D eigenvalue weighted by Crippen LogP contribution is -2.31. The summed E-state index contributed by atoms with van der Waals surface area (Å²) in [7, 11) is 0. The summed E-state index contributed by atoms with van der Waals surface area (Å²) in [6, 6.07) is 2.68. The van der Waals surface area contributed by atoms with E-state index in [0.717, 1.165) is 23.9 Å². The molecule has 0 saturated heterocycles. The summed E-state index contributed by atoms with van der Waals surface area (Å²) in [5.41, 5.74) is 1.79. The molecule has 0 radical (unpaired) electrons. The molecule has 2 atom stereocenters. The van der Waals surface area contributed by atoms with Gasteiger partial charge in [-0.15, -0.1) is 0 Å². The van der Waals surface area contributed by atoms with Gasteiger partial charge in [-0.1, -0.05) is 0 Å². The fourth-order valence-corrected chi connectivity index (χ4v) is 2.47. The van der Waals surface area contributed by atoms with Gasteiger partial charge in [0.2, 0.25) is 0 Å². The van der Waals surface area contributed by atoms with Crippen LogP contribution in [0.25, 0.3) is 0 Å². The van der Waals surface area contributed by atoms with Gasteiger partial charge in [0.25, 0.3) is 5.91 Å². The van der Waals surface area contributed by atoms with Crippen molar-refractivity contribution in [1.29, 1.82) is 0 Å². The summed E-state index contributed by atoms with van der Waals surface area (Å²) in [4.78, 5) is 24.3. The second-order valence-electron chi connectivity index (χ2n) is 5.76. The minimum atomic E-state index is -1.18. The van der Waals surface area contributed by atoms with Crippen LogP contribution in [0.15, 0.2) is 18.2 Å². The number of halogens is 2. The number of carbonyl (C=O) groups excluding carboxylic acids is 2. The third kappa shape index (κ3) is 4.20. The number of amides is 1. The number of aromatic amines is 1. The van der Waals surface area contributed by atoms with Crippen LogP contribution in [0, 0.1) is 25.5 Å². The second kappa shape index (κ2) is 7.42. The summed E-state index contributed by atoms with van der Waals surface area (Å²) < 4.78 is 31.8. The van der Waals surface area contributed by atoms with E-state index in [4.69, 9.17) is 4.74 Å². The highest BCUT2D eigenvalue weighted by molar-refractivity contribution is 5.95. The van der Waals surface area contributed by atoms with Gasteiger partial charge in [-0.3, -0.25) is 14.7 Å². The first-order valence-corrected chi connectivity index (χ1v) is 7.68. The van der Waals surface area contributed by atoms with Crippen LogP contribution >= 0.6 is 0 Å². The number of H-pyrrole nitrogens is 1. The number of hydrogen-bond donors (Lipinski definition) is 2. The van der Waals surface area contributed by atoms with E-state index < -0.39 is 35.5 Å². The molecule has 1 amide bonds. The zero-order valence-electron chi connectivity index (χ0n) is 14.3. The van der Waals surface area contributed by atoms with Gasteiger partial charge in [0.1, 0.15) is 11.6 Å².